The second-order valence-corrected chi connectivity index (χ2v) is 0.594. The molecule has 6 heavy (non-hydrogen) atoms. The Labute approximate surface area is 34.2 Å². The van der Waals surface area contributed by atoms with E-state index < -0.39 is 5.91 Å². The van der Waals surface area contributed by atoms with Crippen LogP contribution in [0.5, 0.6) is 0 Å². The second kappa shape index (κ2) is 2.19. The van der Waals surface area contributed by atoms with Gasteiger partial charge < -0.3 is 5.41 Å². The number of hydrogen-bond donors (Lipinski definition) is 2. The predicted molar refractivity (Wildman–Crippen MR) is 18.9 cm³/mol. The molecule has 4 heteroatoms. The van der Waals surface area contributed by atoms with Crippen molar-refractivity contribution in [3.8, 4) is 0 Å². The van der Waals surface area contributed by atoms with Crippen LogP contribution in [0.25, 0.3) is 0 Å². The summed E-state index contributed by atoms with van der Waals surface area (Å²) in [6, 6.07) is 0. The van der Waals surface area contributed by atoms with E-state index in [-0.39, 0.29) is 0 Å². The summed E-state index contributed by atoms with van der Waals surface area (Å²) in [4.78, 5) is 9.58. The Bertz CT molecular complexity index is 76.8. The van der Waals surface area contributed by atoms with E-state index in [9.17, 15) is 4.79 Å². The second-order valence-electron chi connectivity index (χ2n) is 0.594. The number of hydrogen-bond acceptors (Lipinski definition) is 3. The molecule has 0 saturated heterocycles. The van der Waals surface area contributed by atoms with Crippen LogP contribution >= 0.6 is 0 Å². The fourth-order valence-electron chi connectivity index (χ4n) is 0.0323. The largest absolute Gasteiger partial charge is 0.305 e. The van der Waals surface area contributed by atoms with Gasteiger partial charge in [0.1, 0.15) is 0 Å². The molecule has 0 aromatic heterocycles. The first-order valence-corrected chi connectivity index (χ1v) is 1.23. The zero-order valence-electron chi connectivity index (χ0n) is 2.93. The van der Waals surface area contributed by atoms with Crippen LogP contribution in [0.3, 0.4) is 0 Å². The minimum Gasteiger partial charge on any atom is -0.303 e. The highest BCUT2D eigenvalue weighted by Crippen LogP contribution is 1.59. The van der Waals surface area contributed by atoms with Crippen molar-refractivity contribution in [2.24, 2.45) is 5.11 Å². The Balaban J connectivity index is 3.52. The third-order valence-electron chi connectivity index (χ3n) is 0.234. The monoisotopic (exact) mass is 85.0 g/mol. The summed E-state index contributed by atoms with van der Waals surface area (Å²) < 4.78 is 0. The van der Waals surface area contributed by atoms with Gasteiger partial charge in [-0.2, -0.15) is 0 Å². The molecular formula is C2H3N3O. The van der Waals surface area contributed by atoms with Crippen LogP contribution in [0.2, 0.25) is 0 Å². The molecule has 0 heterocycles. The van der Waals surface area contributed by atoms with Crippen molar-refractivity contribution in [1.29, 1.82) is 10.9 Å². The van der Waals surface area contributed by atoms with Gasteiger partial charge in [0.25, 0.3) is 0 Å². The lowest BCUT2D eigenvalue weighted by atomic mass is 10.7. The maximum absolute atomic E-state index is 9.58. The molecule has 2 N–H and O–H groups in total. The van der Waals surface area contributed by atoms with Gasteiger partial charge in [-0.25, -0.2) is 5.53 Å². The molecule has 4 nitrogen and oxygen atoms in total. The van der Waals surface area contributed by atoms with Crippen LogP contribution in [0, 0.1) is 10.9 Å². The van der Waals surface area contributed by atoms with Crippen LogP contribution in [-0.2, 0) is 4.79 Å². The van der Waals surface area contributed by atoms with Crippen LogP contribution in [0.15, 0.2) is 5.11 Å². The third-order valence-corrected chi connectivity index (χ3v) is 0.234. The number of amides is 1. The minimum atomic E-state index is -0.824. The van der Waals surface area contributed by atoms with E-state index in [1.807, 2.05) is 0 Å². The first-order chi connectivity index (χ1) is 2.81. The van der Waals surface area contributed by atoms with E-state index in [2.05, 4.69) is 5.11 Å². The third kappa shape index (κ3) is 1.28. The summed E-state index contributed by atoms with van der Waals surface area (Å²) in [6.45, 7) is 0. The molecule has 0 aromatic carbocycles. The van der Waals surface area contributed by atoms with E-state index in [0.717, 1.165) is 0 Å². The molecule has 0 aliphatic carbocycles. The van der Waals surface area contributed by atoms with E-state index in [0.29, 0.717) is 6.21 Å². The molecule has 0 unspecified atom stereocenters. The molecule has 0 aliphatic rings. The zero-order valence-corrected chi connectivity index (χ0v) is 2.93. The topological polar surface area (TPSA) is 77.1 Å². The first-order valence-electron chi connectivity index (χ1n) is 1.23. The Morgan fingerprint density at radius 2 is 2.33 bits per heavy atom. The summed E-state index contributed by atoms with van der Waals surface area (Å²) in [5, 5.41) is 8.50. The fraction of sp³-hybridized carbons (Fsp3) is 0. The van der Waals surface area contributed by atoms with Crippen molar-refractivity contribution in [1.82, 2.24) is 0 Å². The highest BCUT2D eigenvalue weighted by Gasteiger charge is 1.81. The molecule has 0 rings (SSSR count). The average Bonchev–Trinajstić information content (AvgIpc) is 1.65. The van der Waals surface area contributed by atoms with Crippen LogP contribution in [0.4, 0.5) is 0 Å². The lowest BCUT2D eigenvalue weighted by molar-refractivity contribution is -0.112. The average molecular weight is 85.1 g/mol. The summed E-state index contributed by atoms with van der Waals surface area (Å²) >= 11 is 0. The molecule has 0 saturated carbocycles. The van der Waals surface area contributed by atoms with Crippen LogP contribution < -0.4 is 0 Å². The van der Waals surface area contributed by atoms with Gasteiger partial charge in [0.2, 0.25) is 0 Å². The van der Waals surface area contributed by atoms with Crippen molar-refractivity contribution in [2.45, 2.75) is 0 Å². The smallest absolute Gasteiger partial charge is 0.303 e. The van der Waals surface area contributed by atoms with E-state index >= 15 is 0 Å². The normalized spacial score (nSPS) is 6.67. The van der Waals surface area contributed by atoms with Gasteiger partial charge in [-0.3, -0.25) is 4.79 Å². The van der Waals surface area contributed by atoms with Gasteiger partial charge in [0.15, 0.2) is 0 Å². The molecule has 0 aliphatic heterocycles. The molecule has 0 fully saturated rings. The van der Waals surface area contributed by atoms with Crippen LogP contribution in [-0.4, -0.2) is 12.1 Å². The molecule has 0 atom stereocenters. The number of nitrogens with zero attached hydrogens (tertiary/aromatic N) is 1. The van der Waals surface area contributed by atoms with Crippen molar-refractivity contribution in [3.05, 3.63) is 0 Å². The van der Waals surface area contributed by atoms with E-state index in [1.54, 1.807) is 0 Å². The number of carbonyl (C=O) groups excluding carboxylic acids is 1. The standard InChI is InChI=1S/C2H3N3O/c3-1-2(6)5-4/h1,3-4H. The van der Waals surface area contributed by atoms with Gasteiger partial charge in [-0.1, -0.05) is 0 Å². The van der Waals surface area contributed by atoms with Crippen molar-refractivity contribution in [3.63, 3.8) is 0 Å². The van der Waals surface area contributed by atoms with Crippen molar-refractivity contribution >= 4 is 12.1 Å². The fourth-order valence-corrected chi connectivity index (χ4v) is 0.0323. The summed E-state index contributed by atoms with van der Waals surface area (Å²) in [7, 11) is 0. The van der Waals surface area contributed by atoms with Gasteiger partial charge in [-0.15, -0.1) is 5.11 Å². The maximum Gasteiger partial charge on any atom is 0.305 e. The molecule has 1 amide bonds. The first kappa shape index (κ1) is 4.94. The molecule has 0 bridgehead atoms. The highest BCUT2D eigenvalue weighted by molar-refractivity contribution is 6.25. The Kier molecular flexibility index (Phi) is 1.81. The Hall–Kier alpha value is -1.06. The number of nitrogens with one attached hydrogen (secondary N) is 2. The Morgan fingerprint density at radius 1 is 1.83 bits per heavy atom. The molecular weight excluding hydrogens is 82.0 g/mol. The Morgan fingerprint density at radius 3 is 2.33 bits per heavy atom. The van der Waals surface area contributed by atoms with E-state index in [1.165, 1.54) is 0 Å². The molecule has 0 spiro atoms. The maximum atomic E-state index is 9.58. The quantitative estimate of drug-likeness (QED) is 0.346. The summed E-state index contributed by atoms with van der Waals surface area (Å²) in [6.07, 6.45) is 0.479. The van der Waals surface area contributed by atoms with Gasteiger partial charge in [0.05, 0.1) is 6.21 Å². The van der Waals surface area contributed by atoms with Gasteiger partial charge >= 0.3 is 5.91 Å². The summed E-state index contributed by atoms with van der Waals surface area (Å²) in [5.74, 6) is -0.824. The molecule has 32 valence electrons. The lowest BCUT2D eigenvalue weighted by Crippen LogP contribution is -1.87. The number of carbonyl (C=O) groups is 1. The predicted octanol–water partition coefficient (Wildman–Crippen LogP) is 0.194. The van der Waals surface area contributed by atoms with Crippen molar-refractivity contribution in [2.75, 3.05) is 0 Å². The highest BCUT2D eigenvalue weighted by atomic mass is 16.1. The SMILES string of the molecule is N=CC(=O)N=N. The number of rotatable bonds is 1. The van der Waals surface area contributed by atoms with Crippen LogP contribution in [0.1, 0.15) is 0 Å². The van der Waals surface area contributed by atoms with Crippen molar-refractivity contribution < 1.29 is 4.79 Å². The van der Waals surface area contributed by atoms with Gasteiger partial charge in [0, 0.05) is 0 Å². The lowest BCUT2D eigenvalue weighted by Gasteiger charge is -1.64. The molecule has 0 radical (unpaired) electrons. The van der Waals surface area contributed by atoms with Gasteiger partial charge in [-0.05, 0) is 0 Å². The zero-order chi connectivity index (χ0) is 4.99. The van der Waals surface area contributed by atoms with E-state index in [4.69, 9.17) is 10.9 Å². The minimum absolute atomic E-state index is 0.479. The summed E-state index contributed by atoms with van der Waals surface area (Å²) in [5.41, 5.74) is 5.93. The molecule has 0 aromatic rings.